The molecule has 2 unspecified atom stereocenters. The van der Waals surface area contributed by atoms with Gasteiger partial charge in [0.15, 0.2) is 12.4 Å². The molecule has 0 rings (SSSR count). The Bertz CT molecular complexity index is 1510. The van der Waals surface area contributed by atoms with Gasteiger partial charge in [-0.25, -0.2) is 0 Å². The molecule has 0 fully saturated rings. The summed E-state index contributed by atoms with van der Waals surface area (Å²) in [5, 5.41) is 11.7. The van der Waals surface area contributed by atoms with Crippen LogP contribution in [0.15, 0.2) is 122 Å². The second kappa shape index (κ2) is 48.2. The first-order chi connectivity index (χ1) is 32.6. The van der Waals surface area contributed by atoms with Gasteiger partial charge in [0.2, 0.25) is 0 Å². The van der Waals surface area contributed by atoms with E-state index in [1.807, 2.05) is 21.1 Å². The maximum absolute atomic E-state index is 12.8. The van der Waals surface area contributed by atoms with Crippen molar-refractivity contribution in [1.29, 1.82) is 0 Å². The SMILES string of the molecule is CC/C=C\C/C=C\C/C=C\C/C=C\C/C=C\C/C=C\C/C=C\C/C=C\CCCCC(=O)OC(COC(=O)CCCCCCC/C=C\C/C=C\CCCCC)COC(OCC[N+](C)(C)C)C(=O)[O-]. The summed E-state index contributed by atoms with van der Waals surface area (Å²) in [5.41, 5.74) is 0. The highest BCUT2D eigenvalue weighted by Gasteiger charge is 2.21. The molecule has 2 atom stereocenters. The molecule has 0 radical (unpaired) electrons. The monoisotopic (exact) mass is 932 g/mol. The fourth-order valence-corrected chi connectivity index (χ4v) is 6.23. The molecule has 67 heavy (non-hydrogen) atoms. The Morgan fingerprint density at radius 3 is 1.30 bits per heavy atom. The number of likely N-dealkylation sites (N-methyl/N-ethyl adjacent to an activating group) is 1. The second-order valence-electron chi connectivity index (χ2n) is 17.7. The number of allylic oxidation sites excluding steroid dienone is 20. The molecule has 0 amide bonds. The third-order valence-electron chi connectivity index (χ3n) is 10.2. The Balaban J connectivity index is 4.48. The molecular weight excluding hydrogens is 839 g/mol. The Hall–Kier alpha value is -4.31. The number of carbonyl (C=O) groups excluding carboxylic acids is 3. The molecule has 9 heteroatoms. The molecule has 0 aromatic rings. The molecular formula is C58H93NO8. The number of carboxylic acids is 1. The van der Waals surface area contributed by atoms with Crippen molar-refractivity contribution >= 4 is 17.9 Å². The topological polar surface area (TPSA) is 111 Å². The van der Waals surface area contributed by atoms with Crippen LogP contribution in [0, 0.1) is 0 Å². The van der Waals surface area contributed by atoms with Gasteiger partial charge in [0.1, 0.15) is 13.2 Å². The number of carbonyl (C=O) groups is 3. The summed E-state index contributed by atoms with van der Waals surface area (Å²) in [6.45, 7) is 4.50. The molecule has 0 aromatic carbocycles. The molecule has 0 aliphatic carbocycles. The summed E-state index contributed by atoms with van der Waals surface area (Å²) >= 11 is 0. The summed E-state index contributed by atoms with van der Waals surface area (Å²) in [4.78, 5) is 37.1. The maximum atomic E-state index is 12.8. The van der Waals surface area contributed by atoms with Gasteiger partial charge in [0.05, 0.1) is 40.3 Å². The number of carboxylic acid groups (broad SMARTS) is 1. The van der Waals surface area contributed by atoms with Gasteiger partial charge < -0.3 is 33.3 Å². The molecule has 0 aliphatic heterocycles. The van der Waals surface area contributed by atoms with Crippen molar-refractivity contribution in [3.63, 3.8) is 0 Å². The van der Waals surface area contributed by atoms with Crippen molar-refractivity contribution in [3.8, 4) is 0 Å². The van der Waals surface area contributed by atoms with E-state index in [0.29, 0.717) is 23.9 Å². The van der Waals surface area contributed by atoms with Crippen LogP contribution in [-0.2, 0) is 33.3 Å². The van der Waals surface area contributed by atoms with Crippen LogP contribution in [0.3, 0.4) is 0 Å². The lowest BCUT2D eigenvalue weighted by Gasteiger charge is -2.26. The third kappa shape index (κ3) is 49.4. The summed E-state index contributed by atoms with van der Waals surface area (Å²) in [6.07, 6.45) is 63.8. The molecule has 0 aliphatic rings. The van der Waals surface area contributed by atoms with E-state index in [2.05, 4.69) is 135 Å². The lowest BCUT2D eigenvalue weighted by molar-refractivity contribution is -0.870. The number of unbranched alkanes of at least 4 members (excludes halogenated alkanes) is 10. The lowest BCUT2D eigenvalue weighted by atomic mass is 10.1. The fraction of sp³-hybridized carbons (Fsp3) is 0.603. The first-order valence-electron chi connectivity index (χ1n) is 25.7. The van der Waals surface area contributed by atoms with Crippen LogP contribution in [0.5, 0.6) is 0 Å². The molecule has 0 saturated carbocycles. The predicted octanol–water partition coefficient (Wildman–Crippen LogP) is 13.2. The van der Waals surface area contributed by atoms with Gasteiger partial charge in [-0.05, 0) is 109 Å². The van der Waals surface area contributed by atoms with Gasteiger partial charge in [0, 0.05) is 12.8 Å². The van der Waals surface area contributed by atoms with Crippen molar-refractivity contribution < 1.29 is 42.9 Å². The zero-order valence-corrected chi connectivity index (χ0v) is 42.7. The van der Waals surface area contributed by atoms with E-state index in [4.69, 9.17) is 18.9 Å². The first kappa shape index (κ1) is 62.7. The van der Waals surface area contributed by atoms with Gasteiger partial charge in [0.25, 0.3) is 0 Å². The minimum absolute atomic E-state index is 0.129. The van der Waals surface area contributed by atoms with Crippen LogP contribution in [-0.4, -0.2) is 82.3 Å². The van der Waals surface area contributed by atoms with Gasteiger partial charge >= 0.3 is 11.9 Å². The van der Waals surface area contributed by atoms with E-state index in [0.717, 1.165) is 103 Å². The molecule has 0 saturated heterocycles. The average molecular weight is 932 g/mol. The van der Waals surface area contributed by atoms with E-state index in [-0.39, 0.29) is 32.7 Å². The van der Waals surface area contributed by atoms with Crippen LogP contribution in [0.25, 0.3) is 0 Å². The number of ether oxygens (including phenoxy) is 4. The molecule has 9 nitrogen and oxygen atoms in total. The molecule has 378 valence electrons. The predicted molar refractivity (Wildman–Crippen MR) is 278 cm³/mol. The molecule has 0 heterocycles. The molecule has 0 bridgehead atoms. The zero-order valence-electron chi connectivity index (χ0n) is 42.7. The van der Waals surface area contributed by atoms with E-state index >= 15 is 0 Å². The van der Waals surface area contributed by atoms with Crippen molar-refractivity contribution in [1.82, 2.24) is 0 Å². The van der Waals surface area contributed by atoms with Crippen molar-refractivity contribution in [3.05, 3.63) is 122 Å². The number of quaternary nitrogens is 1. The smallest absolute Gasteiger partial charge is 0.306 e. The van der Waals surface area contributed by atoms with E-state index in [1.165, 1.54) is 25.7 Å². The number of hydrogen-bond acceptors (Lipinski definition) is 8. The molecule has 0 N–H and O–H groups in total. The third-order valence-corrected chi connectivity index (χ3v) is 10.2. The van der Waals surface area contributed by atoms with E-state index < -0.39 is 30.3 Å². The molecule has 0 aromatic heterocycles. The number of nitrogens with zero attached hydrogens (tertiary/aromatic N) is 1. The van der Waals surface area contributed by atoms with Crippen LogP contribution in [0.4, 0.5) is 0 Å². The van der Waals surface area contributed by atoms with Crippen LogP contribution >= 0.6 is 0 Å². The van der Waals surface area contributed by atoms with Crippen LogP contribution in [0.1, 0.15) is 168 Å². The highest BCUT2D eigenvalue weighted by Crippen LogP contribution is 2.11. The van der Waals surface area contributed by atoms with Gasteiger partial charge in [-0.1, -0.05) is 167 Å². The maximum Gasteiger partial charge on any atom is 0.306 e. The van der Waals surface area contributed by atoms with Gasteiger partial charge in [-0.2, -0.15) is 0 Å². The highest BCUT2D eigenvalue weighted by atomic mass is 16.7. The minimum Gasteiger partial charge on any atom is -0.545 e. The zero-order chi connectivity index (χ0) is 49.2. The normalized spacial score (nSPS) is 13.9. The number of aliphatic carboxylic acids is 1. The van der Waals surface area contributed by atoms with Gasteiger partial charge in [-0.15, -0.1) is 0 Å². The van der Waals surface area contributed by atoms with Crippen LogP contribution < -0.4 is 5.11 Å². The van der Waals surface area contributed by atoms with Crippen LogP contribution in [0.2, 0.25) is 0 Å². The Morgan fingerprint density at radius 1 is 0.463 bits per heavy atom. The van der Waals surface area contributed by atoms with Crippen molar-refractivity contribution in [2.24, 2.45) is 0 Å². The van der Waals surface area contributed by atoms with Crippen molar-refractivity contribution in [2.45, 2.75) is 180 Å². The summed E-state index contributed by atoms with van der Waals surface area (Å²) < 4.78 is 22.5. The lowest BCUT2D eigenvalue weighted by Crippen LogP contribution is -2.44. The number of rotatable bonds is 45. The molecule has 0 spiro atoms. The van der Waals surface area contributed by atoms with E-state index in [9.17, 15) is 19.5 Å². The van der Waals surface area contributed by atoms with Gasteiger partial charge in [-0.3, -0.25) is 9.59 Å². The quantitative estimate of drug-likeness (QED) is 0.0195. The summed E-state index contributed by atoms with van der Waals surface area (Å²) in [6, 6.07) is 0. The van der Waals surface area contributed by atoms with Crippen molar-refractivity contribution in [2.75, 3.05) is 47.5 Å². The second-order valence-corrected chi connectivity index (χ2v) is 17.7. The van der Waals surface area contributed by atoms with E-state index in [1.54, 1.807) is 0 Å². The highest BCUT2D eigenvalue weighted by molar-refractivity contribution is 5.70. The number of hydrogen-bond donors (Lipinski definition) is 0. The first-order valence-corrected chi connectivity index (χ1v) is 25.7. The fourth-order valence-electron chi connectivity index (χ4n) is 6.23. The Labute approximate surface area is 408 Å². The summed E-state index contributed by atoms with van der Waals surface area (Å²) in [5.74, 6) is -2.38. The summed E-state index contributed by atoms with van der Waals surface area (Å²) in [7, 11) is 5.88. The average Bonchev–Trinajstić information content (AvgIpc) is 3.29. The minimum atomic E-state index is -1.64. The standard InChI is InChI=1S/C58H93NO8/c1-6-8-10-12-14-16-18-20-22-23-24-25-26-27-28-29-30-31-32-33-35-37-39-41-43-45-47-49-56(61)67-54(53-66-58(57(62)63)64-51-50-59(3,4)5)52-65-55(60)48-46-44-42-40-38-36-34-21-19-17-15-13-11-9-7-2/h8,10,14-17,20-22,24-25,27-28,30-31,33-35,39,41,54,58H,6-7,9,11-13,18-19,23,26,29,32,36-38,40,42-53H2,1-5H3/b10-8-,16-14-,17-15-,22-20-,25-24-,28-27-,31-30-,34-21-,35-33-,41-39-. The number of esters is 2. The Kier molecular flexibility index (Phi) is 45.1. The largest absolute Gasteiger partial charge is 0.545 e. The Morgan fingerprint density at radius 2 is 0.851 bits per heavy atom.